The van der Waals surface area contributed by atoms with Crippen LogP contribution < -0.4 is 4.74 Å². The highest BCUT2D eigenvalue weighted by atomic mass is 79.9. The lowest BCUT2D eigenvalue weighted by Gasteiger charge is -2.20. The molecule has 4 nitrogen and oxygen atoms in total. The number of hydrogen-bond acceptors (Lipinski definition) is 3. The Kier molecular flexibility index (Phi) is 5.84. The van der Waals surface area contributed by atoms with Crippen molar-refractivity contribution in [3.63, 3.8) is 0 Å². The number of halogens is 1. The Bertz CT molecular complexity index is 497. The predicted octanol–water partition coefficient (Wildman–Crippen LogP) is 2.97. The lowest BCUT2D eigenvalue weighted by atomic mass is 10.1. The quantitative estimate of drug-likeness (QED) is 0.836. The summed E-state index contributed by atoms with van der Waals surface area (Å²) < 4.78 is 6.00. The maximum absolute atomic E-state index is 12.0. The van der Waals surface area contributed by atoms with Gasteiger partial charge in [-0.25, -0.2) is 0 Å². The minimum Gasteiger partial charge on any atom is -0.496 e. The lowest BCUT2D eigenvalue weighted by molar-refractivity contribution is -0.133. The van der Waals surface area contributed by atoms with Crippen LogP contribution in [0.3, 0.4) is 0 Å². The molecule has 0 spiro atoms. The zero-order chi connectivity index (χ0) is 14.4. The third kappa shape index (κ3) is 3.97. The molecule has 0 aromatic heterocycles. The van der Waals surface area contributed by atoms with Crippen molar-refractivity contribution in [3.05, 3.63) is 28.2 Å². The van der Waals surface area contributed by atoms with E-state index in [0.717, 1.165) is 15.8 Å². The topological polar surface area (TPSA) is 53.3 Å². The van der Waals surface area contributed by atoms with E-state index >= 15 is 0 Å². The summed E-state index contributed by atoms with van der Waals surface area (Å²) in [6, 6.07) is 7.69. The molecule has 1 aromatic carbocycles. The normalized spacial score (nSPS) is 11.5. The fourth-order valence-corrected chi connectivity index (χ4v) is 2.34. The number of rotatable bonds is 5. The summed E-state index contributed by atoms with van der Waals surface area (Å²) in [6.45, 7) is 2.31. The summed E-state index contributed by atoms with van der Waals surface area (Å²) in [7, 11) is 3.31. The first kappa shape index (κ1) is 15.5. The van der Waals surface area contributed by atoms with E-state index in [-0.39, 0.29) is 5.91 Å². The highest BCUT2D eigenvalue weighted by Gasteiger charge is 2.19. The number of benzene rings is 1. The Labute approximate surface area is 122 Å². The smallest absolute Gasteiger partial charge is 0.239 e. The monoisotopic (exact) mass is 324 g/mol. The van der Waals surface area contributed by atoms with Gasteiger partial charge in [-0.15, -0.1) is 0 Å². The van der Waals surface area contributed by atoms with Crippen molar-refractivity contribution in [3.8, 4) is 11.8 Å². The second-order valence-electron chi connectivity index (χ2n) is 4.25. The first-order chi connectivity index (χ1) is 9.03. The molecule has 1 aromatic rings. The standard InChI is InChI=1S/C14H17BrN2O2/c1-4-11(8-16)14(18)17(2)9-10-5-6-13(19-3)12(15)7-10/h5-7,11H,4,9H2,1-3H3. The SMILES string of the molecule is CCC(C#N)C(=O)N(C)Cc1ccc(OC)c(Br)c1. The molecule has 0 saturated carbocycles. The average molecular weight is 325 g/mol. The molecule has 102 valence electrons. The molecule has 0 fully saturated rings. The van der Waals surface area contributed by atoms with Gasteiger partial charge in [0.1, 0.15) is 11.7 Å². The van der Waals surface area contributed by atoms with Crippen LogP contribution in [-0.2, 0) is 11.3 Å². The lowest BCUT2D eigenvalue weighted by Crippen LogP contribution is -2.31. The van der Waals surface area contributed by atoms with Crippen molar-refractivity contribution in [2.24, 2.45) is 5.92 Å². The molecule has 0 aliphatic rings. The van der Waals surface area contributed by atoms with Crippen molar-refractivity contribution in [2.75, 3.05) is 14.2 Å². The van der Waals surface area contributed by atoms with Gasteiger partial charge < -0.3 is 9.64 Å². The summed E-state index contributed by atoms with van der Waals surface area (Å²) >= 11 is 3.41. The van der Waals surface area contributed by atoms with E-state index in [0.29, 0.717) is 13.0 Å². The molecule has 0 radical (unpaired) electrons. The van der Waals surface area contributed by atoms with Crippen LogP contribution in [-0.4, -0.2) is 25.0 Å². The van der Waals surface area contributed by atoms with Crippen LogP contribution in [0.25, 0.3) is 0 Å². The summed E-state index contributed by atoms with van der Waals surface area (Å²) in [6.07, 6.45) is 0.534. The number of ether oxygens (including phenoxy) is 1. The van der Waals surface area contributed by atoms with Gasteiger partial charge >= 0.3 is 0 Å². The largest absolute Gasteiger partial charge is 0.496 e. The van der Waals surface area contributed by atoms with Crippen LogP contribution in [0.5, 0.6) is 5.75 Å². The van der Waals surface area contributed by atoms with Crippen molar-refractivity contribution in [1.82, 2.24) is 4.90 Å². The molecule has 0 aliphatic heterocycles. The van der Waals surface area contributed by atoms with E-state index in [1.165, 1.54) is 0 Å². The maximum atomic E-state index is 12.0. The Balaban J connectivity index is 2.77. The van der Waals surface area contributed by atoms with Gasteiger partial charge in [-0.05, 0) is 40.0 Å². The fraction of sp³-hybridized carbons (Fsp3) is 0.429. The summed E-state index contributed by atoms with van der Waals surface area (Å²) in [5, 5.41) is 8.90. The summed E-state index contributed by atoms with van der Waals surface area (Å²) in [5.41, 5.74) is 0.983. The van der Waals surface area contributed by atoms with E-state index in [4.69, 9.17) is 10.00 Å². The van der Waals surface area contributed by atoms with Crippen molar-refractivity contribution in [2.45, 2.75) is 19.9 Å². The van der Waals surface area contributed by atoms with E-state index in [2.05, 4.69) is 15.9 Å². The molecule has 1 unspecified atom stereocenters. The maximum Gasteiger partial charge on any atom is 0.239 e. The predicted molar refractivity (Wildman–Crippen MR) is 76.6 cm³/mol. The van der Waals surface area contributed by atoms with Gasteiger partial charge in [0.05, 0.1) is 17.7 Å². The average Bonchev–Trinajstić information content (AvgIpc) is 2.40. The van der Waals surface area contributed by atoms with Crippen LogP contribution in [0.4, 0.5) is 0 Å². The number of nitrogens with zero attached hydrogens (tertiary/aromatic N) is 2. The molecule has 1 atom stereocenters. The Morgan fingerprint density at radius 3 is 2.74 bits per heavy atom. The molecule has 19 heavy (non-hydrogen) atoms. The number of hydrogen-bond donors (Lipinski definition) is 0. The zero-order valence-electron chi connectivity index (χ0n) is 11.3. The van der Waals surface area contributed by atoms with Gasteiger partial charge in [0.25, 0.3) is 0 Å². The van der Waals surface area contributed by atoms with E-state index in [1.54, 1.807) is 19.1 Å². The molecule has 5 heteroatoms. The van der Waals surface area contributed by atoms with Crippen molar-refractivity contribution in [1.29, 1.82) is 5.26 Å². The zero-order valence-corrected chi connectivity index (χ0v) is 12.9. The molecule has 0 saturated heterocycles. The molecule has 1 rings (SSSR count). The van der Waals surface area contributed by atoms with Crippen LogP contribution in [0.2, 0.25) is 0 Å². The molecule has 1 amide bonds. The number of methoxy groups -OCH3 is 1. The second kappa shape index (κ2) is 7.15. The fourth-order valence-electron chi connectivity index (χ4n) is 1.75. The molecule has 0 N–H and O–H groups in total. The number of carbonyl (C=O) groups excluding carboxylic acids is 1. The van der Waals surface area contributed by atoms with Gasteiger partial charge in [-0.2, -0.15) is 5.26 Å². The molecule has 0 bridgehead atoms. The first-order valence-corrected chi connectivity index (χ1v) is 6.79. The molecular weight excluding hydrogens is 308 g/mol. The van der Waals surface area contributed by atoms with Gasteiger partial charge in [0.15, 0.2) is 0 Å². The third-order valence-electron chi connectivity index (χ3n) is 2.87. The highest BCUT2D eigenvalue weighted by molar-refractivity contribution is 9.10. The number of amides is 1. The van der Waals surface area contributed by atoms with Crippen LogP contribution >= 0.6 is 15.9 Å². The van der Waals surface area contributed by atoms with Crippen molar-refractivity contribution >= 4 is 21.8 Å². The first-order valence-electron chi connectivity index (χ1n) is 6.00. The Hall–Kier alpha value is -1.54. The minimum absolute atomic E-state index is 0.142. The van der Waals surface area contributed by atoms with Gasteiger partial charge in [0, 0.05) is 13.6 Å². The second-order valence-corrected chi connectivity index (χ2v) is 5.11. The number of nitriles is 1. The molecular formula is C14H17BrN2O2. The van der Waals surface area contributed by atoms with Gasteiger partial charge in [-0.1, -0.05) is 13.0 Å². The van der Waals surface area contributed by atoms with Gasteiger partial charge in [-0.3, -0.25) is 4.79 Å². The Morgan fingerprint density at radius 2 is 2.26 bits per heavy atom. The van der Waals surface area contributed by atoms with E-state index in [9.17, 15) is 4.79 Å². The van der Waals surface area contributed by atoms with Gasteiger partial charge in [0.2, 0.25) is 5.91 Å². The highest BCUT2D eigenvalue weighted by Crippen LogP contribution is 2.26. The van der Waals surface area contributed by atoms with Crippen LogP contribution in [0.1, 0.15) is 18.9 Å². The molecule has 0 aliphatic carbocycles. The number of carbonyl (C=O) groups is 1. The Morgan fingerprint density at radius 1 is 1.58 bits per heavy atom. The summed E-state index contributed by atoms with van der Waals surface area (Å²) in [4.78, 5) is 13.6. The third-order valence-corrected chi connectivity index (χ3v) is 3.49. The van der Waals surface area contributed by atoms with Crippen LogP contribution in [0.15, 0.2) is 22.7 Å². The summed E-state index contributed by atoms with van der Waals surface area (Å²) in [5.74, 6) is 0.0461. The van der Waals surface area contributed by atoms with E-state index in [1.807, 2.05) is 31.2 Å². The van der Waals surface area contributed by atoms with Crippen LogP contribution in [0, 0.1) is 17.2 Å². The minimum atomic E-state index is -0.563. The molecule has 0 heterocycles. The van der Waals surface area contributed by atoms with Crippen molar-refractivity contribution < 1.29 is 9.53 Å². The van der Waals surface area contributed by atoms with E-state index < -0.39 is 5.92 Å².